The van der Waals surface area contributed by atoms with Crippen LogP contribution in [0.25, 0.3) is 0 Å². The van der Waals surface area contributed by atoms with E-state index in [2.05, 4.69) is 4.98 Å². The molecule has 4 nitrogen and oxygen atoms in total. The minimum atomic E-state index is -0.186. The molecule has 1 heterocycles. The largest absolute Gasteiger partial charge is 0.489 e. The molecule has 16 heavy (non-hydrogen) atoms. The van der Waals surface area contributed by atoms with E-state index < -0.39 is 0 Å². The highest BCUT2D eigenvalue weighted by Gasteiger charge is 2.27. The van der Waals surface area contributed by atoms with E-state index in [9.17, 15) is 4.79 Å². The minimum absolute atomic E-state index is 0.186. The lowest BCUT2D eigenvalue weighted by molar-refractivity contribution is 0.0822. The average Bonchev–Trinajstić information content (AvgIpc) is 3.01. The molecule has 0 radical (unpaired) electrons. The Morgan fingerprint density at radius 3 is 2.81 bits per heavy atom. The molecule has 0 bridgehead atoms. The van der Waals surface area contributed by atoms with Crippen LogP contribution < -0.4 is 4.74 Å². The molecule has 0 N–H and O–H groups in total. The molecule has 1 fully saturated rings. The average molecular weight is 241 g/mol. The molecule has 0 spiro atoms. The van der Waals surface area contributed by atoms with Crippen LogP contribution in [-0.2, 0) is 0 Å². The first-order valence-electron chi connectivity index (χ1n) is 5.12. The first-order chi connectivity index (χ1) is 7.59. The Kier molecular flexibility index (Phi) is 3.01. The molecular weight excluding hydrogens is 228 g/mol. The van der Waals surface area contributed by atoms with Crippen molar-refractivity contribution in [1.29, 1.82) is 0 Å². The summed E-state index contributed by atoms with van der Waals surface area (Å²) in [5.41, 5.74) is 0.348. The second kappa shape index (κ2) is 4.29. The van der Waals surface area contributed by atoms with Crippen LogP contribution in [0.2, 0.25) is 5.15 Å². The zero-order valence-electron chi connectivity index (χ0n) is 9.24. The van der Waals surface area contributed by atoms with Crippen LogP contribution in [-0.4, -0.2) is 36.0 Å². The molecule has 2 rings (SSSR count). The predicted octanol–water partition coefficient (Wildman–Crippen LogP) is 1.98. The van der Waals surface area contributed by atoms with Crippen molar-refractivity contribution in [2.75, 3.05) is 14.1 Å². The summed E-state index contributed by atoms with van der Waals surface area (Å²) in [4.78, 5) is 17.3. The molecule has 0 saturated heterocycles. The van der Waals surface area contributed by atoms with E-state index >= 15 is 0 Å². The maximum absolute atomic E-state index is 11.9. The quantitative estimate of drug-likeness (QED) is 0.759. The molecule has 5 heteroatoms. The van der Waals surface area contributed by atoms with Gasteiger partial charge in [0.1, 0.15) is 16.5 Å². The number of amides is 1. The van der Waals surface area contributed by atoms with Gasteiger partial charge in [-0.05, 0) is 18.9 Å². The third kappa shape index (κ3) is 2.27. The molecule has 1 aromatic heterocycles. The molecule has 1 amide bonds. The van der Waals surface area contributed by atoms with Crippen molar-refractivity contribution in [3.63, 3.8) is 0 Å². The van der Waals surface area contributed by atoms with Gasteiger partial charge in [-0.15, -0.1) is 0 Å². The Hall–Kier alpha value is -1.29. The lowest BCUT2D eigenvalue weighted by atomic mass is 10.2. The maximum atomic E-state index is 11.9. The fraction of sp³-hybridized carbons (Fsp3) is 0.455. The number of pyridine rings is 1. The molecule has 0 atom stereocenters. The maximum Gasteiger partial charge on any atom is 0.260 e. The van der Waals surface area contributed by atoms with Gasteiger partial charge in [0.15, 0.2) is 0 Å². The van der Waals surface area contributed by atoms with Gasteiger partial charge in [0.2, 0.25) is 0 Å². The van der Waals surface area contributed by atoms with Gasteiger partial charge in [-0.1, -0.05) is 11.6 Å². The van der Waals surface area contributed by atoms with E-state index in [4.69, 9.17) is 16.3 Å². The summed E-state index contributed by atoms with van der Waals surface area (Å²) < 4.78 is 5.64. The highest BCUT2D eigenvalue weighted by atomic mass is 35.5. The zero-order chi connectivity index (χ0) is 11.7. The third-order valence-corrected chi connectivity index (χ3v) is 2.59. The Labute approximate surface area is 99.2 Å². The predicted molar refractivity (Wildman–Crippen MR) is 60.9 cm³/mol. The van der Waals surface area contributed by atoms with Crippen molar-refractivity contribution in [2.45, 2.75) is 18.9 Å². The number of halogens is 1. The van der Waals surface area contributed by atoms with Gasteiger partial charge in [-0.25, -0.2) is 4.98 Å². The van der Waals surface area contributed by atoms with Crippen molar-refractivity contribution < 1.29 is 9.53 Å². The molecule has 1 aliphatic rings. The van der Waals surface area contributed by atoms with E-state index in [0.717, 1.165) is 12.8 Å². The van der Waals surface area contributed by atoms with Gasteiger partial charge < -0.3 is 9.64 Å². The van der Waals surface area contributed by atoms with E-state index in [0.29, 0.717) is 11.3 Å². The van der Waals surface area contributed by atoms with Crippen LogP contribution in [0.5, 0.6) is 5.75 Å². The Balaban J connectivity index is 2.35. The van der Waals surface area contributed by atoms with Crippen molar-refractivity contribution in [2.24, 2.45) is 0 Å². The number of ether oxygens (including phenoxy) is 1. The number of rotatable bonds is 3. The van der Waals surface area contributed by atoms with Crippen LogP contribution >= 0.6 is 11.6 Å². The second-order valence-corrected chi connectivity index (χ2v) is 4.35. The second-order valence-electron chi connectivity index (χ2n) is 3.99. The topological polar surface area (TPSA) is 42.4 Å². The SMILES string of the molecule is CN(C)C(=O)c1c(OC2CC2)ccnc1Cl. The van der Waals surface area contributed by atoms with Crippen molar-refractivity contribution >= 4 is 17.5 Å². The number of carbonyl (C=O) groups is 1. The Morgan fingerprint density at radius 1 is 1.56 bits per heavy atom. The van der Waals surface area contributed by atoms with Crippen molar-refractivity contribution in [3.05, 3.63) is 23.0 Å². The molecule has 1 aliphatic carbocycles. The first-order valence-corrected chi connectivity index (χ1v) is 5.50. The number of hydrogen-bond acceptors (Lipinski definition) is 3. The summed E-state index contributed by atoms with van der Waals surface area (Å²) in [5.74, 6) is 0.343. The smallest absolute Gasteiger partial charge is 0.260 e. The fourth-order valence-electron chi connectivity index (χ4n) is 1.30. The van der Waals surface area contributed by atoms with E-state index in [-0.39, 0.29) is 17.2 Å². The molecule has 0 aromatic carbocycles. The summed E-state index contributed by atoms with van der Waals surface area (Å²) >= 11 is 5.93. The van der Waals surface area contributed by atoms with E-state index in [1.54, 1.807) is 26.4 Å². The van der Waals surface area contributed by atoms with Crippen LogP contribution in [0.3, 0.4) is 0 Å². The zero-order valence-corrected chi connectivity index (χ0v) is 9.99. The molecule has 0 aliphatic heterocycles. The molecule has 1 saturated carbocycles. The Morgan fingerprint density at radius 2 is 2.25 bits per heavy atom. The van der Waals surface area contributed by atoms with Crippen molar-refractivity contribution in [3.8, 4) is 5.75 Å². The minimum Gasteiger partial charge on any atom is -0.489 e. The number of nitrogens with zero attached hydrogens (tertiary/aromatic N) is 2. The van der Waals surface area contributed by atoms with Crippen LogP contribution in [0.15, 0.2) is 12.3 Å². The van der Waals surface area contributed by atoms with Crippen LogP contribution in [0, 0.1) is 0 Å². The monoisotopic (exact) mass is 240 g/mol. The Bertz CT molecular complexity index is 416. The molecule has 86 valence electrons. The van der Waals surface area contributed by atoms with Gasteiger partial charge in [0, 0.05) is 20.3 Å². The van der Waals surface area contributed by atoms with Gasteiger partial charge in [-0.3, -0.25) is 4.79 Å². The fourth-order valence-corrected chi connectivity index (χ4v) is 1.53. The summed E-state index contributed by atoms with van der Waals surface area (Å²) in [7, 11) is 3.35. The standard InChI is InChI=1S/C11H13ClN2O2/c1-14(2)11(15)9-8(16-7-3-4-7)5-6-13-10(9)12/h5-7H,3-4H2,1-2H3. The summed E-state index contributed by atoms with van der Waals surface area (Å²) in [5, 5.41) is 0.192. The summed E-state index contributed by atoms with van der Waals surface area (Å²) in [6.45, 7) is 0. The highest BCUT2D eigenvalue weighted by molar-refractivity contribution is 6.33. The lowest BCUT2D eigenvalue weighted by Crippen LogP contribution is -2.23. The molecular formula is C11H13ClN2O2. The number of hydrogen-bond donors (Lipinski definition) is 0. The molecule has 1 aromatic rings. The van der Waals surface area contributed by atoms with Crippen molar-refractivity contribution in [1.82, 2.24) is 9.88 Å². The summed E-state index contributed by atoms with van der Waals surface area (Å²) in [6, 6.07) is 1.68. The third-order valence-electron chi connectivity index (χ3n) is 2.30. The van der Waals surface area contributed by atoms with E-state index in [1.165, 1.54) is 4.90 Å². The van der Waals surface area contributed by atoms with E-state index in [1.807, 2.05) is 0 Å². The normalized spacial score (nSPS) is 14.7. The first kappa shape index (κ1) is 11.2. The summed E-state index contributed by atoms with van der Waals surface area (Å²) in [6.07, 6.45) is 3.85. The van der Waals surface area contributed by atoms with Crippen LogP contribution in [0.1, 0.15) is 23.2 Å². The van der Waals surface area contributed by atoms with Gasteiger partial charge in [-0.2, -0.15) is 0 Å². The lowest BCUT2D eigenvalue weighted by Gasteiger charge is -2.15. The molecule has 0 unspecified atom stereocenters. The number of aromatic nitrogens is 1. The highest BCUT2D eigenvalue weighted by Crippen LogP contribution is 2.31. The van der Waals surface area contributed by atoms with Crippen LogP contribution in [0.4, 0.5) is 0 Å². The van der Waals surface area contributed by atoms with Gasteiger partial charge in [0.25, 0.3) is 5.91 Å². The van der Waals surface area contributed by atoms with Gasteiger partial charge in [0.05, 0.1) is 6.10 Å². The number of carbonyl (C=O) groups excluding carboxylic acids is 1. The van der Waals surface area contributed by atoms with Gasteiger partial charge >= 0.3 is 0 Å².